The lowest BCUT2D eigenvalue weighted by atomic mass is 10.0. The van der Waals surface area contributed by atoms with Crippen molar-refractivity contribution in [1.82, 2.24) is 19.9 Å². The predicted molar refractivity (Wildman–Crippen MR) is 245 cm³/mol. The average Bonchev–Trinajstić information content (AvgIpc) is 4.18. The van der Waals surface area contributed by atoms with Crippen molar-refractivity contribution >= 4 is 74.2 Å². The molecule has 8 aromatic rings. The molecule has 9 rings (SSSR count). The minimum Gasteiger partial charge on any atom is -0.462 e. The number of hydrogen-bond acceptors (Lipinski definition) is 10. The Morgan fingerprint density at radius 3 is 1.43 bits per heavy atom. The van der Waals surface area contributed by atoms with Crippen LogP contribution >= 0.6 is 0 Å². The molecule has 0 spiro atoms. The van der Waals surface area contributed by atoms with Gasteiger partial charge in [-0.3, -0.25) is 19.2 Å². The van der Waals surface area contributed by atoms with Crippen molar-refractivity contribution < 1.29 is 42.9 Å². The number of carbonyl (C=O) groups excluding carboxylic acids is 4. The molecule has 1 aliphatic rings. The van der Waals surface area contributed by atoms with Crippen molar-refractivity contribution in [3.8, 4) is 0 Å². The Bertz CT molecular complexity index is 3000. The van der Waals surface area contributed by atoms with Gasteiger partial charge in [0.1, 0.15) is 19.3 Å². The van der Waals surface area contributed by atoms with Gasteiger partial charge in [0.15, 0.2) is 12.2 Å². The average molecular weight is 876 g/mol. The van der Waals surface area contributed by atoms with Crippen molar-refractivity contribution in [3.05, 3.63) is 144 Å². The summed E-state index contributed by atoms with van der Waals surface area (Å²) in [6.45, 7) is 2.95. The van der Waals surface area contributed by atoms with Gasteiger partial charge in [-0.25, -0.2) is 4.99 Å². The molecular weight excluding hydrogens is 827 g/mol. The number of nitrogens with one attached hydrogen (secondary N) is 4. The van der Waals surface area contributed by atoms with E-state index in [0.717, 1.165) is 65.9 Å². The van der Waals surface area contributed by atoms with Crippen LogP contribution < -0.4 is 0 Å². The first kappa shape index (κ1) is 42.8. The summed E-state index contributed by atoms with van der Waals surface area (Å²) in [4.78, 5) is 72.1. The number of nitrogens with zero attached hydrogens (tertiary/aromatic N) is 1. The summed E-state index contributed by atoms with van der Waals surface area (Å²) in [6.07, 6.45) is 4.75. The smallest absolute Gasteiger partial charge is 0.308 e. The van der Waals surface area contributed by atoms with Gasteiger partial charge in [-0.05, 0) is 78.9 Å². The fourth-order valence-electron chi connectivity index (χ4n) is 8.78. The Hall–Kier alpha value is -7.45. The fourth-order valence-corrected chi connectivity index (χ4v) is 8.78. The third-order valence-electron chi connectivity index (χ3n) is 12.2. The van der Waals surface area contributed by atoms with E-state index in [-0.39, 0.29) is 32.3 Å². The van der Waals surface area contributed by atoms with E-state index in [2.05, 4.69) is 31.6 Å². The van der Waals surface area contributed by atoms with E-state index >= 15 is 0 Å². The van der Waals surface area contributed by atoms with Gasteiger partial charge in [-0.15, -0.1) is 0 Å². The molecule has 0 aliphatic carbocycles. The first-order valence-electron chi connectivity index (χ1n) is 21.8. The van der Waals surface area contributed by atoms with Crippen molar-refractivity contribution in [2.45, 2.75) is 75.4 Å². The molecule has 0 bridgehead atoms. The second kappa shape index (κ2) is 19.1. The number of para-hydroxylation sites is 4. The number of aryl methyl sites for hydroxylation is 4. The van der Waals surface area contributed by atoms with Crippen LogP contribution in [0.3, 0.4) is 0 Å². The summed E-state index contributed by atoms with van der Waals surface area (Å²) in [5, 5.41) is 3.93. The molecule has 14 heteroatoms. The van der Waals surface area contributed by atoms with Gasteiger partial charge < -0.3 is 43.6 Å². The van der Waals surface area contributed by atoms with Crippen molar-refractivity contribution in [2.75, 3.05) is 13.2 Å². The van der Waals surface area contributed by atoms with E-state index in [0.29, 0.717) is 25.7 Å². The number of fused-ring (bicyclic) bond motifs is 4. The van der Waals surface area contributed by atoms with Gasteiger partial charge in [0.05, 0.1) is 0 Å². The predicted octanol–water partition coefficient (Wildman–Crippen LogP) is 8.15. The Morgan fingerprint density at radius 2 is 0.985 bits per heavy atom. The summed E-state index contributed by atoms with van der Waals surface area (Å²) >= 11 is 0. The maximum Gasteiger partial charge on any atom is 0.308 e. The van der Waals surface area contributed by atoms with Crippen molar-refractivity contribution in [1.29, 1.82) is 0 Å². The fraction of sp³-hybridized carbons (Fsp3) is 0.275. The minimum atomic E-state index is -1.92. The first-order chi connectivity index (χ1) is 31.8. The topological polar surface area (TPSA) is 190 Å². The lowest BCUT2D eigenvalue weighted by molar-refractivity contribution is -0.187. The number of hydrogen-bond donors (Lipinski definition) is 4. The zero-order chi connectivity index (χ0) is 44.8. The van der Waals surface area contributed by atoms with E-state index in [1.807, 2.05) is 122 Å². The second-order valence-electron chi connectivity index (χ2n) is 16.3. The summed E-state index contributed by atoms with van der Waals surface area (Å²) in [6, 6.07) is 31.1. The zero-order valence-electron chi connectivity index (χ0n) is 35.7. The molecule has 1 fully saturated rings. The van der Waals surface area contributed by atoms with Crippen molar-refractivity contribution in [3.63, 3.8) is 0 Å². The third-order valence-corrected chi connectivity index (χ3v) is 12.2. The highest BCUT2D eigenvalue weighted by Gasteiger charge is 2.58. The zero-order valence-corrected chi connectivity index (χ0v) is 35.7. The van der Waals surface area contributed by atoms with Gasteiger partial charge >= 0.3 is 23.9 Å². The highest BCUT2D eigenvalue weighted by molar-refractivity contribution is 5.86. The van der Waals surface area contributed by atoms with Crippen LogP contribution in [0.25, 0.3) is 43.6 Å². The second-order valence-corrected chi connectivity index (χ2v) is 16.3. The number of carbonyl (C=O) groups is 4. The number of aromatic nitrogens is 4. The Balaban J connectivity index is 0.951. The van der Waals surface area contributed by atoms with Crippen LogP contribution in [0.2, 0.25) is 0 Å². The highest BCUT2D eigenvalue weighted by atomic mass is 16.7. The van der Waals surface area contributed by atoms with Gasteiger partial charge in [-0.1, -0.05) is 72.8 Å². The number of aromatic amines is 4. The van der Waals surface area contributed by atoms with Crippen LogP contribution in [0.5, 0.6) is 0 Å². The van der Waals surface area contributed by atoms with Gasteiger partial charge in [0, 0.05) is 94.1 Å². The van der Waals surface area contributed by atoms with E-state index < -0.39 is 54.5 Å². The quantitative estimate of drug-likeness (QED) is 0.0353. The largest absolute Gasteiger partial charge is 0.462 e. The highest BCUT2D eigenvalue weighted by Crippen LogP contribution is 2.37. The van der Waals surface area contributed by atoms with Crippen LogP contribution in [-0.4, -0.2) is 87.8 Å². The minimum absolute atomic E-state index is 0.0255. The molecular formula is C51H49N5O9. The molecule has 4 atom stereocenters. The summed E-state index contributed by atoms with van der Waals surface area (Å²) < 4.78 is 30.5. The summed E-state index contributed by atoms with van der Waals surface area (Å²) in [7, 11) is 0. The monoisotopic (exact) mass is 875 g/mol. The van der Waals surface area contributed by atoms with Crippen molar-refractivity contribution in [2.24, 2.45) is 4.99 Å². The normalized spacial score (nSPS) is 17.7. The standard InChI is InChI=1S/C51H49N5O9/c1-52-51(65-48(60)25-21-35-29-56-43-17-9-5-13-39(35)43)31-62-49(50(51)64-47(59)24-20-34-28-55-42-16-8-4-12-38(34)42)44(63-46(58)23-19-33-27-54-41-15-7-3-11-37(33)41)30-61-45(57)22-18-32-26-53-40-14-6-2-10-36(32)40/h2-17,26-29,44,49-50,53-56H,1,18-25,30-31H2/t44?,49-,50+,51-/m1/s1. The molecule has 0 amide bonds. The van der Waals surface area contributed by atoms with Crippen LogP contribution in [0.1, 0.15) is 47.9 Å². The number of aliphatic imine (C=N–C) groups is 1. The van der Waals surface area contributed by atoms with Crippen LogP contribution in [0.15, 0.2) is 127 Å². The third kappa shape index (κ3) is 9.43. The SMILES string of the molecule is C=N[C@@]1(OC(=O)CCc2c[nH]c3ccccc23)CO[C@H](C(COC(=O)CCc2c[nH]c3ccccc23)OC(=O)CCc2c[nH]c3ccccc23)[C@@H]1OC(=O)CCc1c[nH]c2ccccc12. The maximum absolute atomic E-state index is 13.9. The molecule has 14 nitrogen and oxygen atoms in total. The van der Waals surface area contributed by atoms with Gasteiger partial charge in [0.25, 0.3) is 5.72 Å². The molecule has 0 saturated carbocycles. The summed E-state index contributed by atoms with van der Waals surface area (Å²) in [5.74, 6) is -2.43. The number of H-pyrrole nitrogens is 4. The Kier molecular flexibility index (Phi) is 12.6. The molecule has 1 unspecified atom stereocenters. The molecule has 0 radical (unpaired) electrons. The van der Waals surface area contributed by atoms with Gasteiger partial charge in [-0.2, -0.15) is 0 Å². The first-order valence-corrected chi connectivity index (χ1v) is 21.8. The van der Waals surface area contributed by atoms with E-state index in [9.17, 15) is 19.2 Å². The molecule has 1 aliphatic heterocycles. The molecule has 4 N–H and O–H groups in total. The van der Waals surface area contributed by atoms with Crippen LogP contribution in [0.4, 0.5) is 0 Å². The molecule has 332 valence electrons. The summed E-state index contributed by atoms with van der Waals surface area (Å²) in [5.41, 5.74) is 5.54. The lowest BCUT2D eigenvalue weighted by Gasteiger charge is -2.33. The van der Waals surface area contributed by atoms with E-state index in [1.54, 1.807) is 0 Å². The molecule has 4 aromatic heterocycles. The van der Waals surface area contributed by atoms with E-state index in [4.69, 9.17) is 23.7 Å². The van der Waals surface area contributed by atoms with Crippen LogP contribution in [0, 0.1) is 0 Å². The maximum atomic E-state index is 13.9. The molecule has 5 heterocycles. The molecule has 65 heavy (non-hydrogen) atoms. The molecule has 1 saturated heterocycles. The number of esters is 4. The lowest BCUT2D eigenvalue weighted by Crippen LogP contribution is -2.52. The number of benzene rings is 4. The molecule has 4 aromatic carbocycles. The Labute approximate surface area is 373 Å². The Morgan fingerprint density at radius 1 is 0.585 bits per heavy atom. The number of rotatable bonds is 19. The number of ether oxygens (including phenoxy) is 5. The van der Waals surface area contributed by atoms with Gasteiger partial charge in [0.2, 0.25) is 0 Å². The van der Waals surface area contributed by atoms with Crippen LogP contribution in [-0.2, 0) is 68.5 Å². The van der Waals surface area contributed by atoms with E-state index in [1.165, 1.54) is 0 Å².